The summed E-state index contributed by atoms with van der Waals surface area (Å²) in [5, 5.41) is 2.63. The van der Waals surface area contributed by atoms with Gasteiger partial charge in [0.2, 0.25) is 0 Å². The first-order valence-corrected chi connectivity index (χ1v) is 8.56. The normalized spacial score (nSPS) is 16.8. The Balaban J connectivity index is 2.53. The lowest BCUT2D eigenvalue weighted by Gasteiger charge is -2.36. The molecule has 1 rings (SSSR count). The van der Waals surface area contributed by atoms with E-state index in [0.29, 0.717) is 19.3 Å². The second-order valence-corrected chi connectivity index (χ2v) is 6.70. The predicted molar refractivity (Wildman–Crippen MR) is 87.1 cm³/mol. The fourth-order valence-electron chi connectivity index (χ4n) is 2.86. The maximum absolute atomic E-state index is 12.0. The van der Waals surface area contributed by atoms with Crippen LogP contribution in [0.4, 0.5) is 4.79 Å². The van der Waals surface area contributed by atoms with Crippen LogP contribution < -0.4 is 5.32 Å². The molecule has 0 heterocycles. The molecule has 0 bridgehead atoms. The Kier molecular flexibility index (Phi) is 7.51. The lowest BCUT2D eigenvalue weighted by atomic mass is 9.84. The summed E-state index contributed by atoms with van der Waals surface area (Å²) < 4.78 is 15.7. The van der Waals surface area contributed by atoms with Crippen LogP contribution in [0.25, 0.3) is 0 Å². The van der Waals surface area contributed by atoms with E-state index in [1.165, 1.54) is 20.8 Å². The molecule has 0 aromatic rings. The molecule has 0 aromatic heterocycles. The van der Waals surface area contributed by atoms with E-state index in [0.717, 1.165) is 19.3 Å². The first kappa shape index (κ1) is 20.3. The summed E-state index contributed by atoms with van der Waals surface area (Å²) in [7, 11) is 0. The Morgan fingerprint density at radius 1 is 1.08 bits per heavy atom. The molecule has 1 aliphatic rings. The van der Waals surface area contributed by atoms with Gasteiger partial charge in [-0.05, 0) is 32.1 Å². The van der Waals surface area contributed by atoms with Gasteiger partial charge in [0.1, 0.15) is 5.60 Å². The molecule has 1 N–H and O–H groups in total. The molecule has 138 valence electrons. The molecule has 0 aliphatic heterocycles. The van der Waals surface area contributed by atoms with Crippen LogP contribution >= 0.6 is 0 Å². The molecule has 1 amide bonds. The molecule has 7 heteroatoms. The van der Waals surface area contributed by atoms with Crippen molar-refractivity contribution in [2.75, 3.05) is 6.54 Å². The van der Waals surface area contributed by atoms with Gasteiger partial charge >= 0.3 is 18.0 Å². The van der Waals surface area contributed by atoms with Crippen molar-refractivity contribution in [3.05, 3.63) is 0 Å². The maximum Gasteiger partial charge on any atom is 0.410 e. The van der Waals surface area contributed by atoms with Gasteiger partial charge in [0.25, 0.3) is 5.79 Å². The highest BCUT2D eigenvalue weighted by Gasteiger charge is 2.36. The van der Waals surface area contributed by atoms with Gasteiger partial charge in [-0.25, -0.2) is 4.79 Å². The zero-order chi connectivity index (χ0) is 18.2. The number of rotatable bonds is 7. The van der Waals surface area contributed by atoms with E-state index < -0.39 is 23.5 Å². The van der Waals surface area contributed by atoms with Gasteiger partial charge in [0.05, 0.1) is 6.54 Å². The third kappa shape index (κ3) is 7.19. The average Bonchev–Trinajstić information content (AvgIpc) is 2.44. The number of carbonyl (C=O) groups excluding carboxylic acids is 3. The Bertz CT molecular complexity index is 454. The molecule has 0 atom stereocenters. The van der Waals surface area contributed by atoms with Crippen molar-refractivity contribution in [3.63, 3.8) is 0 Å². The number of esters is 2. The van der Waals surface area contributed by atoms with Crippen LogP contribution in [0.5, 0.6) is 0 Å². The highest BCUT2D eigenvalue weighted by molar-refractivity contribution is 5.71. The molecular weight excluding hydrogens is 314 g/mol. The summed E-state index contributed by atoms with van der Waals surface area (Å²) in [6.07, 6.45) is 4.63. The van der Waals surface area contributed by atoms with E-state index in [9.17, 15) is 14.4 Å². The van der Waals surface area contributed by atoms with Crippen LogP contribution in [0.2, 0.25) is 0 Å². The largest absolute Gasteiger partial charge is 0.457 e. The third-order valence-corrected chi connectivity index (χ3v) is 3.83. The van der Waals surface area contributed by atoms with Crippen molar-refractivity contribution < 1.29 is 28.6 Å². The molecule has 0 aromatic carbocycles. The van der Waals surface area contributed by atoms with Gasteiger partial charge in [-0.2, -0.15) is 0 Å². The summed E-state index contributed by atoms with van der Waals surface area (Å²) in [5.41, 5.74) is -0.674. The van der Waals surface area contributed by atoms with Crippen LogP contribution in [0.1, 0.15) is 72.6 Å². The van der Waals surface area contributed by atoms with Crippen LogP contribution in [-0.2, 0) is 23.8 Å². The van der Waals surface area contributed by atoms with E-state index in [1.807, 2.05) is 6.92 Å². The summed E-state index contributed by atoms with van der Waals surface area (Å²) in [5.74, 6) is -2.13. The molecule has 0 radical (unpaired) electrons. The zero-order valence-electron chi connectivity index (χ0n) is 15.1. The fourth-order valence-corrected chi connectivity index (χ4v) is 2.86. The molecule has 24 heavy (non-hydrogen) atoms. The number of amides is 1. The third-order valence-electron chi connectivity index (χ3n) is 3.83. The van der Waals surface area contributed by atoms with Crippen molar-refractivity contribution in [2.45, 2.75) is 84.0 Å². The minimum Gasteiger partial charge on any atom is -0.457 e. The average molecular weight is 343 g/mol. The van der Waals surface area contributed by atoms with Gasteiger partial charge in [-0.15, -0.1) is 0 Å². The first-order valence-electron chi connectivity index (χ1n) is 8.56. The number of hydrogen-bond acceptors (Lipinski definition) is 6. The number of nitrogens with one attached hydrogen (secondary N) is 1. The van der Waals surface area contributed by atoms with Crippen LogP contribution in [0.15, 0.2) is 0 Å². The predicted octanol–water partition coefficient (Wildman–Crippen LogP) is 3.06. The van der Waals surface area contributed by atoms with Crippen molar-refractivity contribution in [1.29, 1.82) is 0 Å². The quantitative estimate of drug-likeness (QED) is 0.564. The SMILES string of the molecule is CCCC(=O)OC(C)(C)OC(=O)NCC1(OC(C)=O)CCCCC1. The van der Waals surface area contributed by atoms with Gasteiger partial charge in [0, 0.05) is 27.2 Å². The Labute approximate surface area is 143 Å². The summed E-state index contributed by atoms with van der Waals surface area (Å²) in [4.78, 5) is 34.9. The number of carbonyl (C=O) groups is 3. The van der Waals surface area contributed by atoms with Crippen molar-refractivity contribution in [1.82, 2.24) is 5.32 Å². The highest BCUT2D eigenvalue weighted by Crippen LogP contribution is 2.31. The van der Waals surface area contributed by atoms with Crippen molar-refractivity contribution in [2.24, 2.45) is 0 Å². The van der Waals surface area contributed by atoms with E-state index in [4.69, 9.17) is 14.2 Å². The minimum atomic E-state index is -1.35. The monoisotopic (exact) mass is 343 g/mol. The van der Waals surface area contributed by atoms with E-state index >= 15 is 0 Å². The molecule has 0 saturated heterocycles. The molecule has 7 nitrogen and oxygen atoms in total. The molecule has 1 aliphatic carbocycles. The molecular formula is C17H29NO6. The Morgan fingerprint density at radius 2 is 1.71 bits per heavy atom. The zero-order valence-corrected chi connectivity index (χ0v) is 15.1. The van der Waals surface area contributed by atoms with Gasteiger partial charge in [-0.3, -0.25) is 9.59 Å². The first-order chi connectivity index (χ1) is 11.2. The lowest BCUT2D eigenvalue weighted by Crippen LogP contribution is -2.49. The summed E-state index contributed by atoms with van der Waals surface area (Å²) >= 11 is 0. The van der Waals surface area contributed by atoms with E-state index in [-0.39, 0.29) is 18.9 Å². The van der Waals surface area contributed by atoms with Crippen LogP contribution in [-0.4, -0.2) is 36.0 Å². The topological polar surface area (TPSA) is 90.9 Å². The van der Waals surface area contributed by atoms with Crippen molar-refractivity contribution >= 4 is 18.0 Å². The minimum absolute atomic E-state index is 0.185. The van der Waals surface area contributed by atoms with E-state index in [1.54, 1.807) is 0 Å². The van der Waals surface area contributed by atoms with E-state index in [2.05, 4.69) is 5.32 Å². The smallest absolute Gasteiger partial charge is 0.410 e. The molecule has 0 spiro atoms. The standard InChI is InChI=1S/C17H29NO6/c1-5-9-14(20)23-16(3,4)24-15(21)18-12-17(22-13(2)19)10-7-6-8-11-17/h5-12H2,1-4H3,(H,18,21). The van der Waals surface area contributed by atoms with Gasteiger partial charge in [-0.1, -0.05) is 13.3 Å². The fraction of sp³-hybridized carbons (Fsp3) is 0.824. The highest BCUT2D eigenvalue weighted by atomic mass is 16.7. The maximum atomic E-state index is 12.0. The second kappa shape index (κ2) is 8.89. The van der Waals surface area contributed by atoms with Gasteiger partial charge in [0.15, 0.2) is 0 Å². The summed E-state index contributed by atoms with van der Waals surface area (Å²) in [6, 6.07) is 0. The number of hydrogen-bond donors (Lipinski definition) is 1. The van der Waals surface area contributed by atoms with Crippen LogP contribution in [0.3, 0.4) is 0 Å². The molecule has 0 unspecified atom stereocenters. The number of alkyl carbamates (subject to hydrolysis) is 1. The van der Waals surface area contributed by atoms with Crippen molar-refractivity contribution in [3.8, 4) is 0 Å². The Hall–Kier alpha value is -1.79. The second-order valence-electron chi connectivity index (χ2n) is 6.70. The Morgan fingerprint density at radius 3 is 2.25 bits per heavy atom. The summed E-state index contributed by atoms with van der Waals surface area (Å²) in [6.45, 7) is 6.42. The van der Waals surface area contributed by atoms with Crippen LogP contribution in [0, 0.1) is 0 Å². The number of ether oxygens (including phenoxy) is 3. The lowest BCUT2D eigenvalue weighted by molar-refractivity contribution is -0.195. The molecule has 1 saturated carbocycles. The molecule has 1 fully saturated rings. The van der Waals surface area contributed by atoms with Gasteiger partial charge < -0.3 is 19.5 Å².